The molecule has 0 aliphatic rings. The van der Waals surface area contributed by atoms with Crippen molar-refractivity contribution in [2.45, 2.75) is 6.92 Å². The van der Waals surface area contributed by atoms with Gasteiger partial charge in [-0.15, -0.1) is 0 Å². The normalized spacial score (nSPS) is 11.5. The van der Waals surface area contributed by atoms with Crippen molar-refractivity contribution in [1.29, 1.82) is 5.26 Å². The van der Waals surface area contributed by atoms with E-state index in [-0.39, 0.29) is 5.57 Å². The van der Waals surface area contributed by atoms with Crippen LogP contribution in [0.2, 0.25) is 5.02 Å². The maximum atomic E-state index is 13.3. The molecule has 0 bridgehead atoms. The van der Waals surface area contributed by atoms with E-state index in [1.54, 1.807) is 37.3 Å². The Bertz CT molecular complexity index is 757. The third kappa shape index (κ3) is 3.36. The first kappa shape index (κ1) is 15.0. The number of rotatable bonds is 3. The summed E-state index contributed by atoms with van der Waals surface area (Å²) in [6, 6.07) is 14.0. The summed E-state index contributed by atoms with van der Waals surface area (Å²) in [7, 11) is 0. The molecule has 104 valence electrons. The maximum absolute atomic E-state index is 13.3. The molecule has 0 saturated heterocycles. The first-order chi connectivity index (χ1) is 10.0. The first-order valence-electron chi connectivity index (χ1n) is 6.20. The molecule has 2 nitrogen and oxygen atoms in total. The predicted octanol–water partition coefficient (Wildman–Crippen LogP) is 4.66. The summed E-state index contributed by atoms with van der Waals surface area (Å²) in [6.07, 6.45) is 0. The van der Waals surface area contributed by atoms with Gasteiger partial charge in [-0.25, -0.2) is 4.39 Å². The highest BCUT2D eigenvalue weighted by Crippen LogP contribution is 2.22. The predicted molar refractivity (Wildman–Crippen MR) is 80.4 cm³/mol. The lowest BCUT2D eigenvalue weighted by molar-refractivity contribution is 0.103. The van der Waals surface area contributed by atoms with Gasteiger partial charge in [-0.2, -0.15) is 5.26 Å². The maximum Gasteiger partial charge on any atom is 0.203 e. The van der Waals surface area contributed by atoms with E-state index in [9.17, 15) is 14.4 Å². The van der Waals surface area contributed by atoms with Gasteiger partial charge in [0, 0.05) is 10.6 Å². The molecule has 0 aromatic heterocycles. The second-order valence-corrected chi connectivity index (χ2v) is 4.89. The summed E-state index contributed by atoms with van der Waals surface area (Å²) < 4.78 is 13.3. The highest BCUT2D eigenvalue weighted by Gasteiger charge is 2.16. The van der Waals surface area contributed by atoms with E-state index >= 15 is 0 Å². The van der Waals surface area contributed by atoms with Crippen molar-refractivity contribution in [2.75, 3.05) is 0 Å². The topological polar surface area (TPSA) is 40.9 Å². The Kier molecular flexibility index (Phi) is 4.52. The molecule has 0 N–H and O–H groups in total. The van der Waals surface area contributed by atoms with Gasteiger partial charge in [0.1, 0.15) is 17.5 Å². The number of nitriles is 1. The number of ketones is 1. The number of nitrogens with zero attached hydrogens (tertiary/aromatic N) is 1. The fourth-order valence-electron chi connectivity index (χ4n) is 1.92. The Morgan fingerprint density at radius 2 is 1.81 bits per heavy atom. The van der Waals surface area contributed by atoms with Gasteiger partial charge < -0.3 is 0 Å². The summed E-state index contributed by atoms with van der Waals surface area (Å²) in [5, 5.41) is 9.77. The van der Waals surface area contributed by atoms with Crippen molar-refractivity contribution in [3.05, 3.63) is 76.1 Å². The van der Waals surface area contributed by atoms with Crippen molar-refractivity contribution in [2.24, 2.45) is 0 Å². The van der Waals surface area contributed by atoms with E-state index in [1.165, 1.54) is 18.2 Å². The Balaban J connectivity index is 2.47. The monoisotopic (exact) mass is 299 g/mol. The van der Waals surface area contributed by atoms with Crippen LogP contribution in [0.4, 0.5) is 4.39 Å². The SMILES string of the molecule is C/C(=C(\C#N)C(=O)c1ccc(Cl)cc1)c1cccc(F)c1. The van der Waals surface area contributed by atoms with Crippen LogP contribution in [0.1, 0.15) is 22.8 Å². The van der Waals surface area contributed by atoms with Crippen molar-refractivity contribution in [3.63, 3.8) is 0 Å². The molecule has 0 unspecified atom stereocenters. The number of hydrogen-bond donors (Lipinski definition) is 0. The minimum absolute atomic E-state index is 0.0112. The molecule has 0 saturated carbocycles. The van der Waals surface area contributed by atoms with Crippen LogP contribution in [0.25, 0.3) is 5.57 Å². The van der Waals surface area contributed by atoms with Crippen molar-refractivity contribution in [3.8, 4) is 6.07 Å². The molecule has 4 heteroatoms. The standard InChI is InChI=1S/C17H11ClFNO/c1-11(13-3-2-4-15(19)9-13)16(10-20)17(21)12-5-7-14(18)8-6-12/h2-9H,1H3/b16-11-. The third-order valence-corrected chi connectivity index (χ3v) is 3.33. The van der Waals surface area contributed by atoms with Crippen LogP contribution in [0.5, 0.6) is 0 Å². The molecule has 0 aliphatic carbocycles. The molecule has 0 heterocycles. The number of carbonyl (C=O) groups is 1. The lowest BCUT2D eigenvalue weighted by Crippen LogP contribution is -2.04. The van der Waals surface area contributed by atoms with Crippen LogP contribution < -0.4 is 0 Å². The molecule has 2 rings (SSSR count). The van der Waals surface area contributed by atoms with Crippen LogP contribution in [0.3, 0.4) is 0 Å². The summed E-state index contributed by atoms with van der Waals surface area (Å²) in [5.41, 5.74) is 1.31. The molecule has 0 amide bonds. The van der Waals surface area contributed by atoms with Gasteiger partial charge in [0.25, 0.3) is 0 Å². The largest absolute Gasteiger partial charge is 0.288 e. The van der Waals surface area contributed by atoms with Crippen LogP contribution in [0.15, 0.2) is 54.1 Å². The molecule has 2 aromatic carbocycles. The molecular formula is C17H11ClFNO. The number of Topliss-reactive ketones (excluding diaryl/α,β-unsaturated/α-hetero) is 1. The van der Waals surface area contributed by atoms with Gasteiger partial charge in [-0.1, -0.05) is 23.7 Å². The van der Waals surface area contributed by atoms with Gasteiger partial charge in [0.2, 0.25) is 5.78 Å². The number of halogens is 2. The number of carbonyl (C=O) groups excluding carboxylic acids is 1. The molecule has 0 atom stereocenters. The Hall–Kier alpha value is -2.44. The average molecular weight is 300 g/mol. The van der Waals surface area contributed by atoms with Crippen LogP contribution >= 0.6 is 11.6 Å². The summed E-state index contributed by atoms with van der Waals surface area (Å²) in [6.45, 7) is 1.63. The van der Waals surface area contributed by atoms with E-state index in [1.807, 2.05) is 6.07 Å². The van der Waals surface area contributed by atoms with Crippen LogP contribution in [-0.4, -0.2) is 5.78 Å². The quantitative estimate of drug-likeness (QED) is 0.470. The lowest BCUT2D eigenvalue weighted by Gasteiger charge is -2.06. The number of allylic oxidation sites excluding steroid dienone is 2. The third-order valence-electron chi connectivity index (χ3n) is 3.08. The second kappa shape index (κ2) is 6.34. The highest BCUT2D eigenvalue weighted by molar-refractivity contribution is 6.30. The molecule has 0 radical (unpaired) electrons. The van der Waals surface area contributed by atoms with Gasteiger partial charge in [-0.3, -0.25) is 4.79 Å². The second-order valence-electron chi connectivity index (χ2n) is 4.46. The lowest BCUT2D eigenvalue weighted by atomic mass is 9.96. The van der Waals surface area contributed by atoms with Gasteiger partial charge in [-0.05, 0) is 54.5 Å². The summed E-state index contributed by atoms with van der Waals surface area (Å²) in [4.78, 5) is 12.4. The Labute approximate surface area is 127 Å². The average Bonchev–Trinajstić information content (AvgIpc) is 2.48. The zero-order chi connectivity index (χ0) is 15.4. The van der Waals surface area contributed by atoms with Gasteiger partial charge >= 0.3 is 0 Å². The number of benzene rings is 2. The number of hydrogen-bond acceptors (Lipinski definition) is 2. The summed E-state index contributed by atoms with van der Waals surface area (Å²) in [5.74, 6) is -0.820. The van der Waals surface area contributed by atoms with Gasteiger partial charge in [0.05, 0.1) is 0 Å². The Morgan fingerprint density at radius 3 is 2.38 bits per heavy atom. The minimum Gasteiger partial charge on any atom is -0.288 e. The fourth-order valence-corrected chi connectivity index (χ4v) is 2.04. The van der Waals surface area contributed by atoms with E-state index in [0.717, 1.165) is 0 Å². The van der Waals surface area contributed by atoms with Crippen molar-refractivity contribution < 1.29 is 9.18 Å². The molecule has 0 aliphatic heterocycles. The van der Waals surface area contributed by atoms with E-state index in [2.05, 4.69) is 0 Å². The van der Waals surface area contributed by atoms with Crippen molar-refractivity contribution in [1.82, 2.24) is 0 Å². The van der Waals surface area contributed by atoms with Crippen LogP contribution in [0, 0.1) is 17.1 Å². The Morgan fingerprint density at radius 1 is 1.14 bits per heavy atom. The van der Waals surface area contributed by atoms with E-state index in [0.29, 0.717) is 21.7 Å². The molecule has 21 heavy (non-hydrogen) atoms. The van der Waals surface area contributed by atoms with E-state index < -0.39 is 11.6 Å². The smallest absolute Gasteiger partial charge is 0.203 e. The molecule has 0 spiro atoms. The van der Waals surface area contributed by atoms with Crippen LogP contribution in [-0.2, 0) is 0 Å². The molecule has 0 fully saturated rings. The minimum atomic E-state index is -0.414. The first-order valence-corrected chi connectivity index (χ1v) is 6.58. The van der Waals surface area contributed by atoms with Crippen molar-refractivity contribution >= 4 is 23.0 Å². The highest BCUT2D eigenvalue weighted by atomic mass is 35.5. The fraction of sp³-hybridized carbons (Fsp3) is 0.0588. The summed E-state index contributed by atoms with van der Waals surface area (Å²) >= 11 is 5.78. The zero-order valence-electron chi connectivity index (χ0n) is 11.2. The van der Waals surface area contributed by atoms with E-state index in [4.69, 9.17) is 11.6 Å². The molecular weight excluding hydrogens is 289 g/mol. The zero-order valence-corrected chi connectivity index (χ0v) is 12.0. The molecule has 2 aromatic rings. The van der Waals surface area contributed by atoms with Gasteiger partial charge in [0.15, 0.2) is 0 Å².